The molecule has 0 saturated heterocycles. The minimum Gasteiger partial charge on any atom is -0.420 e. The number of aromatic nitrogens is 4. The van der Waals surface area contributed by atoms with Crippen LogP contribution >= 0.6 is 11.6 Å². The summed E-state index contributed by atoms with van der Waals surface area (Å²) < 4.78 is 9.11. The van der Waals surface area contributed by atoms with Crippen LogP contribution in [0.25, 0.3) is 5.69 Å². The SMILES string of the molecule is Cc1nn(-c2ccccc2)c2c1C(c1ccccc1)c1c(ncn(NC(=O)Cl)c1=N)O2. The van der Waals surface area contributed by atoms with Crippen molar-refractivity contribution in [2.24, 2.45) is 0 Å². The molecule has 1 unspecified atom stereocenters. The highest BCUT2D eigenvalue weighted by atomic mass is 35.5. The Morgan fingerprint density at radius 2 is 1.77 bits per heavy atom. The van der Waals surface area contributed by atoms with Crippen molar-refractivity contribution in [1.82, 2.24) is 19.4 Å². The number of fused-ring (bicyclic) bond motifs is 2. The summed E-state index contributed by atoms with van der Waals surface area (Å²) in [5, 5.41) is 12.6. The minimum atomic E-state index is -0.818. The number of rotatable bonds is 3. The van der Waals surface area contributed by atoms with Gasteiger partial charge in [0.25, 0.3) is 0 Å². The summed E-state index contributed by atoms with van der Waals surface area (Å²) in [4.78, 5) is 15.7. The van der Waals surface area contributed by atoms with Gasteiger partial charge in [-0.05, 0) is 36.2 Å². The molecular formula is C22H17ClN6O2. The first-order chi connectivity index (χ1) is 15.0. The minimum absolute atomic E-state index is 0.0189. The van der Waals surface area contributed by atoms with Crippen molar-refractivity contribution in [3.8, 4) is 17.4 Å². The van der Waals surface area contributed by atoms with E-state index >= 15 is 0 Å². The van der Waals surface area contributed by atoms with E-state index in [1.54, 1.807) is 4.68 Å². The molecule has 0 spiro atoms. The monoisotopic (exact) mass is 432 g/mol. The molecule has 0 radical (unpaired) electrons. The molecule has 1 aliphatic rings. The molecule has 2 aromatic heterocycles. The van der Waals surface area contributed by atoms with E-state index in [9.17, 15) is 4.79 Å². The van der Waals surface area contributed by atoms with Crippen LogP contribution in [-0.4, -0.2) is 24.8 Å². The number of carbonyl (C=O) groups excluding carboxylic acids is 1. The number of nitrogens with one attached hydrogen (secondary N) is 2. The van der Waals surface area contributed by atoms with Gasteiger partial charge < -0.3 is 4.74 Å². The van der Waals surface area contributed by atoms with Crippen molar-refractivity contribution < 1.29 is 9.53 Å². The molecule has 3 heterocycles. The first-order valence-electron chi connectivity index (χ1n) is 9.55. The molecular weight excluding hydrogens is 416 g/mol. The predicted octanol–water partition coefficient (Wildman–Crippen LogP) is 4.04. The second-order valence-corrected chi connectivity index (χ2v) is 7.41. The average molecular weight is 433 g/mol. The zero-order valence-corrected chi connectivity index (χ0v) is 17.2. The van der Waals surface area contributed by atoms with E-state index < -0.39 is 5.37 Å². The quantitative estimate of drug-likeness (QED) is 0.332. The lowest BCUT2D eigenvalue weighted by atomic mass is 9.84. The van der Waals surface area contributed by atoms with E-state index in [4.69, 9.17) is 26.8 Å². The van der Waals surface area contributed by atoms with Gasteiger partial charge in [0.05, 0.1) is 28.4 Å². The highest BCUT2D eigenvalue weighted by molar-refractivity contribution is 6.65. The Morgan fingerprint density at radius 3 is 2.45 bits per heavy atom. The molecule has 1 amide bonds. The van der Waals surface area contributed by atoms with Gasteiger partial charge in [0, 0.05) is 0 Å². The van der Waals surface area contributed by atoms with Gasteiger partial charge in [-0.2, -0.15) is 5.10 Å². The zero-order chi connectivity index (χ0) is 21.5. The van der Waals surface area contributed by atoms with E-state index in [0.717, 1.165) is 22.5 Å². The molecule has 5 rings (SSSR count). The third-order valence-electron chi connectivity index (χ3n) is 5.19. The van der Waals surface area contributed by atoms with Gasteiger partial charge in [-0.1, -0.05) is 48.5 Å². The summed E-state index contributed by atoms with van der Waals surface area (Å²) in [5.41, 5.74) is 6.34. The molecule has 4 aromatic rings. The lowest BCUT2D eigenvalue weighted by molar-refractivity contribution is 0.266. The third-order valence-corrected chi connectivity index (χ3v) is 5.28. The molecule has 1 atom stereocenters. The maximum atomic E-state index is 11.4. The third kappa shape index (κ3) is 3.17. The second kappa shape index (κ2) is 7.41. The maximum Gasteiger partial charge on any atom is 0.332 e. The molecule has 9 heteroatoms. The van der Waals surface area contributed by atoms with Crippen molar-refractivity contribution in [3.63, 3.8) is 0 Å². The topological polar surface area (TPSA) is 97.8 Å². The van der Waals surface area contributed by atoms with Crippen molar-refractivity contribution in [2.45, 2.75) is 12.8 Å². The average Bonchev–Trinajstić information content (AvgIpc) is 3.11. The van der Waals surface area contributed by atoms with Crippen molar-refractivity contribution in [3.05, 3.63) is 94.9 Å². The van der Waals surface area contributed by atoms with Gasteiger partial charge in [-0.25, -0.2) is 19.8 Å². The molecule has 2 N–H and O–H groups in total. The molecule has 0 aliphatic carbocycles. The Hall–Kier alpha value is -3.91. The van der Waals surface area contributed by atoms with E-state index in [0.29, 0.717) is 11.4 Å². The summed E-state index contributed by atoms with van der Waals surface area (Å²) in [6.07, 6.45) is 1.30. The normalized spacial score (nSPS) is 14.3. The van der Waals surface area contributed by atoms with Crippen LogP contribution in [0.2, 0.25) is 0 Å². The number of para-hydroxylation sites is 1. The standard InChI is InChI=1S/C22H17ClN6O2/c1-13-16-17(14-8-4-2-5-9-14)18-19(24)28(27-22(23)30)12-25-20(18)31-21(16)29(26-13)15-10-6-3-7-11-15/h2-12,17,24H,1H3,(H,27,30). The molecule has 8 nitrogen and oxygen atoms in total. The Labute approximate surface area is 182 Å². The molecule has 31 heavy (non-hydrogen) atoms. The van der Waals surface area contributed by atoms with E-state index in [-0.39, 0.29) is 17.3 Å². The Morgan fingerprint density at radius 1 is 1.10 bits per heavy atom. The lowest BCUT2D eigenvalue weighted by Gasteiger charge is -2.27. The van der Waals surface area contributed by atoms with Crippen LogP contribution in [0.4, 0.5) is 4.79 Å². The molecule has 0 fully saturated rings. The van der Waals surface area contributed by atoms with Crippen molar-refractivity contribution in [2.75, 3.05) is 5.43 Å². The summed E-state index contributed by atoms with van der Waals surface area (Å²) in [7, 11) is 0. The molecule has 0 saturated carbocycles. The first kappa shape index (κ1) is 19.1. The number of amides is 1. The second-order valence-electron chi connectivity index (χ2n) is 7.06. The van der Waals surface area contributed by atoms with Crippen LogP contribution < -0.4 is 15.7 Å². The van der Waals surface area contributed by atoms with Crippen LogP contribution in [0.15, 0.2) is 67.0 Å². The number of ether oxygens (including phenoxy) is 1. The summed E-state index contributed by atoms with van der Waals surface area (Å²) in [6, 6.07) is 19.5. The van der Waals surface area contributed by atoms with Gasteiger partial charge >= 0.3 is 5.37 Å². The fourth-order valence-electron chi connectivity index (χ4n) is 3.90. The smallest absolute Gasteiger partial charge is 0.332 e. The number of benzene rings is 2. The maximum absolute atomic E-state index is 11.4. The Bertz CT molecular complexity index is 1350. The highest BCUT2D eigenvalue weighted by Crippen LogP contribution is 2.47. The highest BCUT2D eigenvalue weighted by Gasteiger charge is 2.37. The van der Waals surface area contributed by atoms with E-state index in [1.165, 1.54) is 11.0 Å². The van der Waals surface area contributed by atoms with E-state index in [1.807, 2.05) is 67.6 Å². The summed E-state index contributed by atoms with van der Waals surface area (Å²) in [6.45, 7) is 1.91. The fraction of sp³-hybridized carbons (Fsp3) is 0.0909. The van der Waals surface area contributed by atoms with Crippen LogP contribution in [0.3, 0.4) is 0 Å². The van der Waals surface area contributed by atoms with Gasteiger partial charge in [0.15, 0.2) is 5.49 Å². The first-order valence-corrected chi connectivity index (χ1v) is 9.92. The van der Waals surface area contributed by atoms with Gasteiger partial charge in [0.1, 0.15) is 6.33 Å². The Balaban J connectivity index is 1.78. The van der Waals surface area contributed by atoms with E-state index in [2.05, 4.69) is 10.4 Å². The van der Waals surface area contributed by atoms with Gasteiger partial charge in [-0.3, -0.25) is 10.2 Å². The number of nitrogens with zero attached hydrogens (tertiary/aromatic N) is 4. The Kier molecular flexibility index (Phi) is 4.56. The van der Waals surface area contributed by atoms with Crippen LogP contribution in [0, 0.1) is 12.3 Å². The van der Waals surface area contributed by atoms with Crippen molar-refractivity contribution >= 4 is 17.0 Å². The van der Waals surface area contributed by atoms with Crippen LogP contribution in [0.1, 0.15) is 28.3 Å². The largest absolute Gasteiger partial charge is 0.420 e. The number of hydrogen-bond donors (Lipinski definition) is 2. The van der Waals surface area contributed by atoms with Gasteiger partial charge in [0.2, 0.25) is 11.8 Å². The molecule has 0 bridgehead atoms. The number of carbonyl (C=O) groups is 1. The van der Waals surface area contributed by atoms with Crippen molar-refractivity contribution in [1.29, 1.82) is 5.41 Å². The van der Waals surface area contributed by atoms with Crippen LogP contribution in [0.5, 0.6) is 11.8 Å². The van der Waals surface area contributed by atoms with Crippen LogP contribution in [-0.2, 0) is 0 Å². The molecule has 1 aliphatic heterocycles. The number of halogens is 1. The summed E-state index contributed by atoms with van der Waals surface area (Å²) >= 11 is 5.47. The fourth-order valence-corrected chi connectivity index (χ4v) is 3.99. The van der Waals surface area contributed by atoms with Gasteiger partial charge in [-0.15, -0.1) is 0 Å². The number of hydrogen-bond acceptors (Lipinski definition) is 5. The predicted molar refractivity (Wildman–Crippen MR) is 114 cm³/mol. The summed E-state index contributed by atoms with van der Waals surface area (Å²) in [5.74, 6) is 0.469. The lowest BCUT2D eigenvalue weighted by Crippen LogP contribution is -2.35. The molecule has 154 valence electrons. The number of aryl methyl sites for hydroxylation is 1. The zero-order valence-electron chi connectivity index (χ0n) is 16.4. The molecule has 2 aromatic carbocycles.